The molecule has 0 aromatic carbocycles. The predicted octanol–water partition coefficient (Wildman–Crippen LogP) is 0.134. The van der Waals surface area contributed by atoms with Gasteiger partial charge in [0.1, 0.15) is 0 Å². The minimum atomic E-state index is 0.146. The number of nitrogens with zero attached hydrogens (tertiary/aromatic N) is 2. The summed E-state index contributed by atoms with van der Waals surface area (Å²) in [6, 6.07) is 0.180. The molecule has 0 aromatic heterocycles. The minimum absolute atomic E-state index is 0.146. The van der Waals surface area contributed by atoms with E-state index < -0.39 is 0 Å². The highest BCUT2D eigenvalue weighted by Crippen LogP contribution is 2.04. The fourth-order valence-electron chi connectivity index (χ4n) is 1.49. The van der Waals surface area contributed by atoms with Crippen molar-refractivity contribution in [1.29, 1.82) is 0 Å². The van der Waals surface area contributed by atoms with Crippen LogP contribution in [0.1, 0.15) is 20.3 Å². The van der Waals surface area contributed by atoms with E-state index >= 15 is 0 Å². The van der Waals surface area contributed by atoms with E-state index in [0.29, 0.717) is 13.0 Å². The van der Waals surface area contributed by atoms with Crippen molar-refractivity contribution in [1.82, 2.24) is 9.80 Å². The highest BCUT2D eigenvalue weighted by molar-refractivity contribution is 5.76. The van der Waals surface area contributed by atoms with Crippen molar-refractivity contribution in [3.05, 3.63) is 0 Å². The molecular weight excluding hydrogens is 178 g/mol. The Morgan fingerprint density at radius 3 is 2.07 bits per heavy atom. The molecule has 4 heteroatoms. The molecule has 0 radical (unpaired) electrons. The van der Waals surface area contributed by atoms with Gasteiger partial charge in [-0.15, -0.1) is 0 Å². The largest absolute Gasteiger partial charge is 0.349 e. The van der Waals surface area contributed by atoms with Gasteiger partial charge in [-0.25, -0.2) is 0 Å². The summed E-state index contributed by atoms with van der Waals surface area (Å²) < 4.78 is 0. The SMILES string of the molecule is CCN(CC)C(CN)CC(=O)N(C)C. The molecular formula is C10H23N3O. The van der Waals surface area contributed by atoms with E-state index in [4.69, 9.17) is 5.73 Å². The van der Waals surface area contributed by atoms with E-state index in [1.807, 2.05) is 0 Å². The van der Waals surface area contributed by atoms with Gasteiger partial charge in [-0.2, -0.15) is 0 Å². The van der Waals surface area contributed by atoms with Gasteiger partial charge in [0.05, 0.1) is 0 Å². The molecule has 0 bridgehead atoms. The lowest BCUT2D eigenvalue weighted by Crippen LogP contribution is -2.43. The fraction of sp³-hybridized carbons (Fsp3) is 0.900. The average molecular weight is 201 g/mol. The van der Waals surface area contributed by atoms with Gasteiger partial charge in [0.25, 0.3) is 0 Å². The number of nitrogens with two attached hydrogens (primary N) is 1. The molecule has 0 aliphatic carbocycles. The molecule has 0 saturated carbocycles. The van der Waals surface area contributed by atoms with Gasteiger partial charge >= 0.3 is 0 Å². The van der Waals surface area contributed by atoms with E-state index in [2.05, 4.69) is 18.7 Å². The zero-order valence-corrected chi connectivity index (χ0v) is 9.79. The van der Waals surface area contributed by atoms with Crippen molar-refractivity contribution < 1.29 is 4.79 Å². The Morgan fingerprint density at radius 1 is 1.29 bits per heavy atom. The van der Waals surface area contributed by atoms with E-state index in [1.54, 1.807) is 19.0 Å². The second-order valence-electron chi connectivity index (χ2n) is 3.60. The van der Waals surface area contributed by atoms with Crippen LogP contribution >= 0.6 is 0 Å². The van der Waals surface area contributed by atoms with Crippen molar-refractivity contribution in [2.75, 3.05) is 33.7 Å². The number of carbonyl (C=O) groups is 1. The van der Waals surface area contributed by atoms with Gasteiger partial charge in [-0.3, -0.25) is 9.69 Å². The van der Waals surface area contributed by atoms with Crippen LogP contribution in [0.15, 0.2) is 0 Å². The topological polar surface area (TPSA) is 49.6 Å². The third-order valence-electron chi connectivity index (χ3n) is 2.51. The summed E-state index contributed by atoms with van der Waals surface area (Å²) in [5.41, 5.74) is 5.66. The lowest BCUT2D eigenvalue weighted by molar-refractivity contribution is -0.129. The van der Waals surface area contributed by atoms with Crippen LogP contribution in [0, 0.1) is 0 Å². The second kappa shape index (κ2) is 6.79. The summed E-state index contributed by atoms with van der Waals surface area (Å²) in [6.45, 7) is 6.61. The van der Waals surface area contributed by atoms with Crippen LogP contribution in [0.5, 0.6) is 0 Å². The van der Waals surface area contributed by atoms with Crippen LogP contribution in [-0.4, -0.2) is 55.5 Å². The highest BCUT2D eigenvalue weighted by atomic mass is 16.2. The fourth-order valence-corrected chi connectivity index (χ4v) is 1.49. The molecule has 0 spiro atoms. The number of likely N-dealkylation sites (N-methyl/N-ethyl adjacent to an activating group) is 1. The molecule has 0 aliphatic rings. The molecule has 0 rings (SSSR count). The van der Waals surface area contributed by atoms with Crippen LogP contribution in [0.2, 0.25) is 0 Å². The molecule has 0 fully saturated rings. The van der Waals surface area contributed by atoms with Gasteiger partial charge < -0.3 is 10.6 Å². The number of hydrogen-bond acceptors (Lipinski definition) is 3. The summed E-state index contributed by atoms with van der Waals surface area (Å²) >= 11 is 0. The van der Waals surface area contributed by atoms with Crippen LogP contribution in [0.4, 0.5) is 0 Å². The van der Waals surface area contributed by atoms with Crippen LogP contribution in [0.25, 0.3) is 0 Å². The predicted molar refractivity (Wildman–Crippen MR) is 59.1 cm³/mol. The summed E-state index contributed by atoms with van der Waals surface area (Å²) in [5.74, 6) is 0.146. The Hall–Kier alpha value is -0.610. The molecule has 2 N–H and O–H groups in total. The third-order valence-corrected chi connectivity index (χ3v) is 2.51. The number of rotatable bonds is 6. The molecule has 1 unspecified atom stereocenters. The Balaban J connectivity index is 4.20. The summed E-state index contributed by atoms with van der Waals surface area (Å²) in [6.07, 6.45) is 0.519. The molecule has 4 nitrogen and oxygen atoms in total. The first-order valence-corrected chi connectivity index (χ1v) is 5.21. The van der Waals surface area contributed by atoms with E-state index in [-0.39, 0.29) is 11.9 Å². The van der Waals surface area contributed by atoms with Crippen LogP contribution < -0.4 is 5.73 Å². The van der Waals surface area contributed by atoms with Gasteiger partial charge in [-0.1, -0.05) is 13.8 Å². The number of hydrogen-bond donors (Lipinski definition) is 1. The van der Waals surface area contributed by atoms with E-state index in [0.717, 1.165) is 13.1 Å². The smallest absolute Gasteiger partial charge is 0.223 e. The Labute approximate surface area is 87.0 Å². The maximum absolute atomic E-state index is 11.5. The molecule has 1 amide bonds. The first-order chi connectivity index (χ1) is 6.56. The monoisotopic (exact) mass is 201 g/mol. The van der Waals surface area contributed by atoms with Crippen molar-refractivity contribution >= 4 is 5.91 Å². The Kier molecular flexibility index (Phi) is 6.49. The van der Waals surface area contributed by atoms with Crippen molar-refractivity contribution in [2.24, 2.45) is 5.73 Å². The summed E-state index contributed by atoms with van der Waals surface area (Å²) in [4.78, 5) is 15.3. The number of amides is 1. The summed E-state index contributed by atoms with van der Waals surface area (Å²) in [7, 11) is 3.55. The number of carbonyl (C=O) groups excluding carboxylic acids is 1. The third kappa shape index (κ3) is 4.07. The van der Waals surface area contributed by atoms with Crippen molar-refractivity contribution in [3.63, 3.8) is 0 Å². The van der Waals surface area contributed by atoms with Gasteiger partial charge in [0, 0.05) is 33.1 Å². The first kappa shape index (κ1) is 13.4. The van der Waals surface area contributed by atoms with E-state index in [9.17, 15) is 4.79 Å². The quantitative estimate of drug-likeness (QED) is 0.665. The van der Waals surface area contributed by atoms with Crippen molar-refractivity contribution in [3.8, 4) is 0 Å². The second-order valence-corrected chi connectivity index (χ2v) is 3.60. The Morgan fingerprint density at radius 2 is 1.79 bits per heavy atom. The normalized spacial score (nSPS) is 13.0. The van der Waals surface area contributed by atoms with Gasteiger partial charge in [0.2, 0.25) is 5.91 Å². The molecule has 1 atom stereocenters. The lowest BCUT2D eigenvalue weighted by Gasteiger charge is -2.28. The first-order valence-electron chi connectivity index (χ1n) is 5.21. The maximum Gasteiger partial charge on any atom is 0.223 e. The molecule has 0 saturated heterocycles. The van der Waals surface area contributed by atoms with E-state index in [1.165, 1.54) is 0 Å². The molecule has 0 aliphatic heterocycles. The standard InChI is InChI=1S/C10H23N3O/c1-5-13(6-2)9(8-11)7-10(14)12(3)4/h9H,5-8,11H2,1-4H3. The van der Waals surface area contributed by atoms with Crippen LogP contribution in [0.3, 0.4) is 0 Å². The zero-order chi connectivity index (χ0) is 11.1. The lowest BCUT2D eigenvalue weighted by atomic mass is 10.1. The van der Waals surface area contributed by atoms with Gasteiger partial charge in [0.15, 0.2) is 0 Å². The molecule has 14 heavy (non-hydrogen) atoms. The molecule has 84 valence electrons. The zero-order valence-electron chi connectivity index (χ0n) is 9.79. The summed E-state index contributed by atoms with van der Waals surface area (Å²) in [5, 5.41) is 0. The van der Waals surface area contributed by atoms with Crippen molar-refractivity contribution in [2.45, 2.75) is 26.3 Å². The molecule has 0 aromatic rings. The van der Waals surface area contributed by atoms with Crippen LogP contribution in [-0.2, 0) is 4.79 Å². The Bertz CT molecular complexity index is 167. The minimum Gasteiger partial charge on any atom is -0.349 e. The highest BCUT2D eigenvalue weighted by Gasteiger charge is 2.18. The maximum atomic E-state index is 11.5. The average Bonchev–Trinajstić information content (AvgIpc) is 2.17. The molecule has 0 heterocycles. The van der Waals surface area contributed by atoms with Gasteiger partial charge in [-0.05, 0) is 13.1 Å².